The highest BCUT2D eigenvalue weighted by Crippen LogP contribution is 2.05. The summed E-state index contributed by atoms with van der Waals surface area (Å²) in [6.07, 6.45) is 0. The van der Waals surface area contributed by atoms with Crippen LogP contribution < -0.4 is 5.32 Å². The molecule has 0 aliphatic carbocycles. The van der Waals surface area contributed by atoms with Crippen LogP contribution in [0.1, 0.15) is 18.7 Å². The average Bonchev–Trinajstić information content (AvgIpc) is 2.17. The number of halogens is 1. The number of nitrogens with zero attached hydrogens (tertiary/aromatic N) is 1. The van der Waals surface area contributed by atoms with Crippen molar-refractivity contribution < 1.29 is 13.0 Å². The maximum Gasteiger partial charge on any atom is 0.269 e. The largest absolute Gasteiger partial charge is 0.354 e. The van der Waals surface area contributed by atoms with Crippen LogP contribution in [-0.2, 0) is 0 Å². The Morgan fingerprint density at radius 1 is 1.91 bits per heavy atom. The summed E-state index contributed by atoms with van der Waals surface area (Å²) < 4.78 is 42.6. The third kappa shape index (κ3) is 2.01. The molecule has 0 spiro atoms. The molecule has 1 amide bonds. The first-order valence-corrected chi connectivity index (χ1v) is 3.38. The Morgan fingerprint density at radius 2 is 2.73 bits per heavy atom. The number of aromatic nitrogens is 1. The normalized spacial score (nSPS) is 18.3. The molecule has 1 aromatic heterocycles. The summed E-state index contributed by atoms with van der Waals surface area (Å²) in [5.41, 5.74) is -0.506. The highest BCUT2D eigenvalue weighted by atomic mass is 79.9. The lowest BCUT2D eigenvalue weighted by molar-refractivity contribution is 0.0958. The van der Waals surface area contributed by atoms with Crippen LogP contribution >= 0.6 is 15.9 Å². The molecule has 3 nitrogen and oxygen atoms in total. The lowest BCUT2D eigenvalue weighted by atomic mass is 10.3. The Morgan fingerprint density at radius 3 is 3.45 bits per heavy atom. The number of carbonyl (C=O) groups excluding carboxylic acids is 1. The quantitative estimate of drug-likeness (QED) is 0.724. The topological polar surface area (TPSA) is 42.0 Å². The molecule has 0 aliphatic heterocycles. The van der Waals surface area contributed by atoms with E-state index < -0.39 is 30.7 Å². The van der Waals surface area contributed by atoms with Crippen LogP contribution in [0.15, 0.2) is 22.7 Å². The number of rotatable bonds is 1. The first-order chi connectivity index (χ1) is 7.63. The zero-order chi connectivity index (χ0) is 13.4. The van der Waals surface area contributed by atoms with Crippen molar-refractivity contribution in [3.63, 3.8) is 0 Å². The molecule has 0 radical (unpaired) electrons. The molecular weight excluding hydrogens is 208 g/mol. The fourth-order valence-electron chi connectivity index (χ4n) is 0.463. The van der Waals surface area contributed by atoms with Crippen molar-refractivity contribution in [2.45, 2.75) is 0 Å². The first kappa shape index (κ1) is 3.23. The fraction of sp³-hybridized carbons (Fsp3) is 0.143. The van der Waals surface area contributed by atoms with Gasteiger partial charge in [-0.3, -0.25) is 4.79 Å². The molecule has 1 N–H and O–H groups in total. The molecule has 0 saturated carbocycles. The van der Waals surface area contributed by atoms with Gasteiger partial charge in [0.05, 0.1) is 4.11 Å². The molecule has 1 aromatic rings. The van der Waals surface area contributed by atoms with E-state index in [0.717, 1.165) is 0 Å². The Labute approximate surface area is 81.4 Å². The number of nitrogens with one attached hydrogen (secondary N) is 1. The van der Waals surface area contributed by atoms with Crippen LogP contribution in [0.4, 0.5) is 0 Å². The van der Waals surface area contributed by atoms with E-state index in [4.69, 9.17) is 8.22 Å². The van der Waals surface area contributed by atoms with Gasteiger partial charge >= 0.3 is 0 Å². The SMILES string of the molecule is [2H]c1c(Br)nc(C(=O)NC([2H])([2H])[2H])c([2H])c1[2H]. The summed E-state index contributed by atoms with van der Waals surface area (Å²) >= 11 is 2.86. The number of amides is 1. The Bertz CT molecular complexity index is 474. The van der Waals surface area contributed by atoms with Crippen LogP contribution in [0.2, 0.25) is 0 Å². The second kappa shape index (κ2) is 3.48. The van der Waals surface area contributed by atoms with E-state index in [9.17, 15) is 4.79 Å². The van der Waals surface area contributed by atoms with E-state index in [-0.39, 0.29) is 10.6 Å². The maximum atomic E-state index is 11.5. The molecule has 0 saturated heterocycles. The summed E-state index contributed by atoms with van der Waals surface area (Å²) in [6.45, 7) is -2.69. The number of hydrogen-bond donors (Lipinski definition) is 1. The number of carbonyl (C=O) groups is 1. The maximum absolute atomic E-state index is 11.5. The predicted octanol–water partition coefficient (Wildman–Crippen LogP) is 1.20. The van der Waals surface area contributed by atoms with E-state index in [2.05, 4.69) is 20.9 Å². The van der Waals surface area contributed by atoms with Gasteiger partial charge in [0.15, 0.2) is 0 Å². The van der Waals surface area contributed by atoms with Crippen molar-refractivity contribution in [3.8, 4) is 0 Å². The van der Waals surface area contributed by atoms with Crippen molar-refractivity contribution >= 4 is 21.8 Å². The van der Waals surface area contributed by atoms with E-state index in [1.807, 2.05) is 0 Å². The van der Waals surface area contributed by atoms with Gasteiger partial charge in [-0.1, -0.05) is 6.04 Å². The third-order valence-corrected chi connectivity index (χ3v) is 1.26. The monoisotopic (exact) mass is 220 g/mol. The highest BCUT2D eigenvalue weighted by Gasteiger charge is 2.02. The van der Waals surface area contributed by atoms with E-state index in [0.29, 0.717) is 0 Å². The third-order valence-electron chi connectivity index (χ3n) is 0.885. The molecule has 58 valence electrons. The van der Waals surface area contributed by atoms with Crippen LogP contribution in [0.25, 0.3) is 0 Å². The summed E-state index contributed by atoms with van der Waals surface area (Å²) in [4.78, 5) is 15.1. The Hall–Kier alpha value is -0.900. The summed E-state index contributed by atoms with van der Waals surface area (Å²) in [7, 11) is 0. The minimum atomic E-state index is -2.69. The van der Waals surface area contributed by atoms with Gasteiger partial charge in [0, 0.05) is 11.1 Å². The predicted molar refractivity (Wildman–Crippen MR) is 45.3 cm³/mol. The zero-order valence-corrected chi connectivity index (χ0v) is 6.82. The lowest BCUT2D eigenvalue weighted by Crippen LogP contribution is -2.18. The standard InChI is InChI=1S/C7H7BrN2O/c1-9-7(11)5-3-2-4-6(8)10-5/h2-4H,1H3,(H,9,11)/i1D3,2D,3D,4D. The molecule has 0 aromatic carbocycles. The molecule has 0 atom stereocenters. The summed E-state index contributed by atoms with van der Waals surface area (Å²) in [6, 6.07) is -1.41. The van der Waals surface area contributed by atoms with Crippen LogP contribution in [0, 0.1) is 0 Å². The lowest BCUT2D eigenvalue weighted by Gasteiger charge is -1.97. The molecule has 1 heterocycles. The van der Waals surface area contributed by atoms with Crippen molar-refractivity contribution in [1.82, 2.24) is 10.3 Å². The van der Waals surface area contributed by atoms with Crippen molar-refractivity contribution in [2.24, 2.45) is 0 Å². The Balaban J connectivity index is 3.20. The first-order valence-electron chi connectivity index (χ1n) is 5.59. The van der Waals surface area contributed by atoms with Crippen LogP contribution in [0.5, 0.6) is 0 Å². The zero-order valence-electron chi connectivity index (χ0n) is 11.2. The van der Waals surface area contributed by atoms with Crippen molar-refractivity contribution in [2.75, 3.05) is 6.98 Å². The average molecular weight is 221 g/mol. The molecule has 1 rings (SSSR count). The van der Waals surface area contributed by atoms with Gasteiger partial charge in [-0.2, -0.15) is 0 Å². The van der Waals surface area contributed by atoms with E-state index in [1.165, 1.54) is 0 Å². The molecule has 0 bridgehead atoms. The van der Waals surface area contributed by atoms with Crippen LogP contribution in [-0.4, -0.2) is 17.9 Å². The van der Waals surface area contributed by atoms with Gasteiger partial charge in [-0.15, -0.1) is 0 Å². The highest BCUT2D eigenvalue weighted by molar-refractivity contribution is 9.10. The van der Waals surface area contributed by atoms with Crippen molar-refractivity contribution in [3.05, 3.63) is 28.4 Å². The molecular formula is C7H7BrN2O. The van der Waals surface area contributed by atoms with E-state index in [1.54, 1.807) is 5.32 Å². The molecule has 4 heteroatoms. The van der Waals surface area contributed by atoms with Gasteiger partial charge in [0.2, 0.25) is 0 Å². The van der Waals surface area contributed by atoms with Crippen LogP contribution in [0.3, 0.4) is 0 Å². The molecule has 0 unspecified atom stereocenters. The molecule has 0 aliphatic rings. The second-order valence-corrected chi connectivity index (χ2v) is 2.33. The Kier molecular flexibility index (Phi) is 1.02. The van der Waals surface area contributed by atoms with Gasteiger partial charge in [-0.25, -0.2) is 4.98 Å². The van der Waals surface area contributed by atoms with Gasteiger partial charge in [0.25, 0.3) is 5.91 Å². The minimum Gasteiger partial charge on any atom is -0.354 e. The van der Waals surface area contributed by atoms with Gasteiger partial charge < -0.3 is 5.32 Å². The summed E-state index contributed by atoms with van der Waals surface area (Å²) in [5, 5.41) is 1.66. The molecule has 0 fully saturated rings. The van der Waals surface area contributed by atoms with Crippen molar-refractivity contribution in [1.29, 1.82) is 0 Å². The summed E-state index contributed by atoms with van der Waals surface area (Å²) in [5.74, 6) is -1.08. The smallest absolute Gasteiger partial charge is 0.269 e. The number of pyridine rings is 1. The van der Waals surface area contributed by atoms with E-state index >= 15 is 0 Å². The second-order valence-electron chi connectivity index (χ2n) is 1.58. The van der Waals surface area contributed by atoms with Gasteiger partial charge in [0.1, 0.15) is 10.3 Å². The number of hydrogen-bond acceptors (Lipinski definition) is 2. The minimum absolute atomic E-state index is 0.0887. The van der Waals surface area contributed by atoms with Gasteiger partial charge in [-0.05, 0) is 28.0 Å². The molecule has 11 heavy (non-hydrogen) atoms. The fourth-order valence-corrected chi connectivity index (χ4v) is 0.739.